The molecule has 5 heteroatoms. The van der Waals surface area contributed by atoms with Gasteiger partial charge in [0.25, 0.3) is 0 Å². The molecule has 1 saturated carbocycles. The van der Waals surface area contributed by atoms with Gasteiger partial charge in [-0.25, -0.2) is 4.79 Å². The van der Waals surface area contributed by atoms with E-state index in [1.807, 2.05) is 0 Å². The smallest absolute Gasteiger partial charge is 0.337 e. The molecule has 2 aliphatic carbocycles. The summed E-state index contributed by atoms with van der Waals surface area (Å²) >= 11 is 0. The largest absolute Gasteiger partial charge is 0.465 e. The Morgan fingerprint density at radius 2 is 1.59 bits per heavy atom. The maximum absolute atomic E-state index is 12.6. The maximum Gasteiger partial charge on any atom is 0.337 e. The highest BCUT2D eigenvalue weighted by atomic mass is 16.5. The lowest BCUT2D eigenvalue weighted by Gasteiger charge is -2.17. The summed E-state index contributed by atoms with van der Waals surface area (Å²) in [5.41, 5.74) is 0.920. The molecule has 0 radical (unpaired) electrons. The monoisotopic (exact) mass is 297 g/mol. The molecule has 4 rings (SSSR count). The molecule has 1 heterocycles. The molecule has 2 bridgehead atoms. The molecule has 3 aliphatic rings. The Morgan fingerprint density at radius 1 is 1.05 bits per heavy atom. The molecule has 1 aromatic carbocycles. The number of methoxy groups -OCH3 is 1. The van der Waals surface area contributed by atoms with Crippen LogP contribution in [0.25, 0.3) is 0 Å². The third kappa shape index (κ3) is 1.62. The fraction of sp³-hybridized carbons (Fsp3) is 0.353. The van der Waals surface area contributed by atoms with Gasteiger partial charge in [-0.3, -0.25) is 14.5 Å². The van der Waals surface area contributed by atoms with Crippen LogP contribution in [0.4, 0.5) is 5.69 Å². The number of imide groups is 1. The molecule has 1 saturated heterocycles. The molecule has 2 amide bonds. The van der Waals surface area contributed by atoms with Gasteiger partial charge in [0.15, 0.2) is 0 Å². The van der Waals surface area contributed by atoms with E-state index in [2.05, 4.69) is 16.9 Å². The summed E-state index contributed by atoms with van der Waals surface area (Å²) in [6.07, 6.45) is 5.06. The average Bonchev–Trinajstić information content (AvgIpc) is 3.21. The van der Waals surface area contributed by atoms with Gasteiger partial charge in [-0.05, 0) is 42.5 Å². The van der Waals surface area contributed by atoms with E-state index in [4.69, 9.17) is 0 Å². The Balaban J connectivity index is 1.65. The number of benzene rings is 1. The van der Waals surface area contributed by atoms with Crippen LogP contribution < -0.4 is 4.90 Å². The van der Waals surface area contributed by atoms with Crippen molar-refractivity contribution in [3.8, 4) is 0 Å². The highest BCUT2D eigenvalue weighted by Gasteiger charge is 2.59. The second-order valence-electron chi connectivity index (χ2n) is 6.05. The van der Waals surface area contributed by atoms with Crippen molar-refractivity contribution in [1.82, 2.24) is 0 Å². The first-order valence-corrected chi connectivity index (χ1v) is 7.36. The number of amides is 2. The lowest BCUT2D eigenvalue weighted by atomic mass is 9.85. The third-order valence-corrected chi connectivity index (χ3v) is 5.02. The molecule has 0 N–H and O–H groups in total. The summed E-state index contributed by atoms with van der Waals surface area (Å²) in [5, 5.41) is 0. The zero-order chi connectivity index (χ0) is 15.4. The van der Waals surface area contributed by atoms with Crippen LogP contribution in [-0.4, -0.2) is 24.9 Å². The van der Waals surface area contributed by atoms with Crippen LogP contribution in [0.5, 0.6) is 0 Å². The van der Waals surface area contributed by atoms with Gasteiger partial charge in [-0.2, -0.15) is 0 Å². The maximum atomic E-state index is 12.6. The highest BCUT2D eigenvalue weighted by Crippen LogP contribution is 2.53. The molecule has 4 unspecified atom stereocenters. The Hall–Kier alpha value is -2.43. The van der Waals surface area contributed by atoms with Gasteiger partial charge in [-0.15, -0.1) is 0 Å². The van der Waals surface area contributed by atoms with Crippen LogP contribution in [-0.2, 0) is 14.3 Å². The third-order valence-electron chi connectivity index (χ3n) is 5.02. The van der Waals surface area contributed by atoms with Crippen LogP contribution in [0.15, 0.2) is 36.4 Å². The number of nitrogens with zero attached hydrogens (tertiary/aromatic N) is 1. The van der Waals surface area contributed by atoms with Crippen LogP contribution in [0, 0.1) is 23.7 Å². The highest BCUT2D eigenvalue weighted by molar-refractivity contribution is 6.22. The van der Waals surface area contributed by atoms with E-state index < -0.39 is 5.97 Å². The fourth-order valence-electron chi connectivity index (χ4n) is 4.02. The van der Waals surface area contributed by atoms with E-state index in [0.29, 0.717) is 11.3 Å². The van der Waals surface area contributed by atoms with Gasteiger partial charge >= 0.3 is 5.97 Å². The van der Waals surface area contributed by atoms with Crippen molar-refractivity contribution in [2.45, 2.75) is 6.42 Å². The van der Waals surface area contributed by atoms with Gasteiger partial charge in [0, 0.05) is 0 Å². The number of hydrogen-bond donors (Lipinski definition) is 0. The Bertz CT molecular complexity index is 676. The number of ether oxygens (including phenoxy) is 1. The van der Waals surface area contributed by atoms with Crippen molar-refractivity contribution in [2.75, 3.05) is 12.0 Å². The predicted molar refractivity (Wildman–Crippen MR) is 78.0 cm³/mol. The molecule has 2 fully saturated rings. The average molecular weight is 297 g/mol. The first-order chi connectivity index (χ1) is 10.6. The summed E-state index contributed by atoms with van der Waals surface area (Å²) < 4.78 is 4.65. The van der Waals surface area contributed by atoms with E-state index in [9.17, 15) is 14.4 Å². The van der Waals surface area contributed by atoms with Gasteiger partial charge in [0.1, 0.15) is 0 Å². The molecule has 4 atom stereocenters. The topological polar surface area (TPSA) is 63.7 Å². The van der Waals surface area contributed by atoms with Crippen LogP contribution in [0.3, 0.4) is 0 Å². The number of hydrogen-bond acceptors (Lipinski definition) is 4. The summed E-state index contributed by atoms with van der Waals surface area (Å²) in [7, 11) is 1.31. The summed E-state index contributed by atoms with van der Waals surface area (Å²) in [4.78, 5) is 38.0. The SMILES string of the molecule is COC(=O)c1ccc(N2C(=O)C3C4C=CC(C4)C3C2=O)cc1. The minimum Gasteiger partial charge on any atom is -0.465 e. The van der Waals surface area contributed by atoms with Crippen molar-refractivity contribution >= 4 is 23.5 Å². The summed E-state index contributed by atoms with van der Waals surface area (Å²) in [6.45, 7) is 0. The first kappa shape index (κ1) is 13.2. The van der Waals surface area contributed by atoms with Crippen molar-refractivity contribution in [3.63, 3.8) is 0 Å². The molecule has 0 spiro atoms. The van der Waals surface area contributed by atoms with Crippen molar-refractivity contribution in [1.29, 1.82) is 0 Å². The van der Waals surface area contributed by atoms with E-state index in [1.54, 1.807) is 24.3 Å². The number of rotatable bonds is 2. The normalized spacial score (nSPS) is 31.8. The minimum atomic E-state index is -0.440. The zero-order valence-corrected chi connectivity index (χ0v) is 12.1. The Kier molecular flexibility index (Phi) is 2.73. The van der Waals surface area contributed by atoms with E-state index in [1.165, 1.54) is 12.0 Å². The lowest BCUT2D eigenvalue weighted by molar-refractivity contribution is -0.123. The molecule has 22 heavy (non-hydrogen) atoms. The number of fused-ring (bicyclic) bond motifs is 5. The van der Waals surface area contributed by atoms with Gasteiger partial charge in [0.2, 0.25) is 11.8 Å². The van der Waals surface area contributed by atoms with Crippen LogP contribution in [0.1, 0.15) is 16.8 Å². The number of carbonyl (C=O) groups excluding carboxylic acids is 3. The second kappa shape index (κ2) is 4.53. The van der Waals surface area contributed by atoms with Crippen molar-refractivity contribution in [3.05, 3.63) is 42.0 Å². The Labute approximate surface area is 127 Å². The van der Waals surface area contributed by atoms with Gasteiger partial charge < -0.3 is 4.74 Å². The molecule has 0 aromatic heterocycles. The standard InChI is InChI=1S/C17H15NO4/c1-22-17(21)9-4-6-12(7-5-9)18-15(19)13-10-2-3-11(8-10)14(13)16(18)20/h2-7,10-11,13-14H,8H2,1H3. The predicted octanol–water partition coefficient (Wildman–Crippen LogP) is 1.78. The van der Waals surface area contributed by atoms with E-state index in [-0.39, 0.29) is 35.5 Å². The quantitative estimate of drug-likeness (QED) is 0.474. The lowest BCUT2D eigenvalue weighted by Crippen LogP contribution is -2.32. The van der Waals surface area contributed by atoms with E-state index >= 15 is 0 Å². The number of anilines is 1. The van der Waals surface area contributed by atoms with Crippen LogP contribution >= 0.6 is 0 Å². The number of carbonyl (C=O) groups is 3. The Morgan fingerprint density at radius 3 is 2.09 bits per heavy atom. The summed E-state index contributed by atoms with van der Waals surface area (Å²) in [6, 6.07) is 6.39. The minimum absolute atomic E-state index is 0.113. The second-order valence-corrected chi connectivity index (χ2v) is 6.05. The van der Waals surface area contributed by atoms with Crippen molar-refractivity contribution in [2.24, 2.45) is 23.7 Å². The first-order valence-electron chi connectivity index (χ1n) is 7.36. The molecule has 112 valence electrons. The van der Waals surface area contributed by atoms with Gasteiger partial charge in [0.05, 0.1) is 30.2 Å². The van der Waals surface area contributed by atoms with E-state index in [0.717, 1.165) is 6.42 Å². The zero-order valence-electron chi connectivity index (χ0n) is 12.1. The molecular weight excluding hydrogens is 282 g/mol. The molecule has 1 aliphatic heterocycles. The molecule has 1 aromatic rings. The van der Waals surface area contributed by atoms with Gasteiger partial charge in [-0.1, -0.05) is 12.2 Å². The number of allylic oxidation sites excluding steroid dienone is 2. The fourth-order valence-corrected chi connectivity index (χ4v) is 4.02. The van der Waals surface area contributed by atoms with Crippen LogP contribution in [0.2, 0.25) is 0 Å². The summed E-state index contributed by atoms with van der Waals surface area (Å²) in [5.74, 6) is -0.678. The molecule has 5 nitrogen and oxygen atoms in total. The van der Waals surface area contributed by atoms with Crippen molar-refractivity contribution < 1.29 is 19.1 Å². The molecular formula is C17H15NO4. The number of esters is 1.